The maximum absolute atomic E-state index is 5.90. The first-order valence-corrected chi connectivity index (χ1v) is 6.86. The van der Waals surface area contributed by atoms with Gasteiger partial charge in [-0.05, 0) is 36.5 Å². The minimum Gasteiger partial charge on any atom is -0.489 e. The summed E-state index contributed by atoms with van der Waals surface area (Å²) in [5.41, 5.74) is 2.52. The van der Waals surface area contributed by atoms with Crippen molar-refractivity contribution < 1.29 is 4.74 Å². The summed E-state index contributed by atoms with van der Waals surface area (Å²) in [6, 6.07) is 8.24. The van der Waals surface area contributed by atoms with Gasteiger partial charge in [0.25, 0.3) is 0 Å². The molecule has 1 aromatic rings. The second-order valence-electron chi connectivity index (χ2n) is 4.11. The molecule has 0 spiro atoms. The Balaban J connectivity index is 2.02. The number of aryl methyl sites for hydroxylation is 1. The van der Waals surface area contributed by atoms with E-state index in [-0.39, 0.29) is 0 Å². The Labute approximate surface area is 111 Å². The molecule has 1 aromatic carbocycles. The van der Waals surface area contributed by atoms with Crippen molar-refractivity contribution >= 4 is 15.9 Å². The van der Waals surface area contributed by atoms with Crippen LogP contribution in [-0.2, 0) is 6.42 Å². The predicted octanol–water partition coefficient (Wildman–Crippen LogP) is 4.63. The zero-order valence-electron chi connectivity index (χ0n) is 10.1. The Morgan fingerprint density at radius 2 is 1.94 bits per heavy atom. The highest BCUT2D eigenvalue weighted by molar-refractivity contribution is 9.12. The van der Waals surface area contributed by atoms with E-state index < -0.39 is 0 Å². The number of ether oxygens (including phenoxy) is 1. The molecule has 0 aliphatic heterocycles. The normalized spacial score (nSPS) is 15.2. The summed E-state index contributed by atoms with van der Waals surface area (Å²) in [5, 5.41) is 0. The van der Waals surface area contributed by atoms with Crippen molar-refractivity contribution in [1.29, 1.82) is 0 Å². The molecule has 0 fully saturated rings. The van der Waals surface area contributed by atoms with E-state index in [0.29, 0.717) is 6.61 Å². The van der Waals surface area contributed by atoms with Crippen molar-refractivity contribution in [3.05, 3.63) is 52.0 Å². The molecule has 2 heteroatoms. The molecule has 0 unspecified atom stereocenters. The lowest BCUT2D eigenvalue weighted by Crippen LogP contribution is -2.05. The zero-order valence-corrected chi connectivity index (χ0v) is 11.7. The summed E-state index contributed by atoms with van der Waals surface area (Å²) in [6.07, 6.45) is 7.70. The summed E-state index contributed by atoms with van der Waals surface area (Å²) in [7, 11) is 0. The standard InChI is InChI=1S/C15H17BrO/c1-2-12-7-4-6-10-15(12)17-11-13-8-3-5-9-14(13)16/h4,6-10H,2-3,5,11H2,1H3. The molecule has 0 saturated heterocycles. The van der Waals surface area contributed by atoms with Crippen LogP contribution in [0.3, 0.4) is 0 Å². The average molecular weight is 293 g/mol. The highest BCUT2D eigenvalue weighted by Gasteiger charge is 2.08. The summed E-state index contributed by atoms with van der Waals surface area (Å²) in [4.78, 5) is 0. The molecule has 0 aromatic heterocycles. The van der Waals surface area contributed by atoms with Crippen molar-refractivity contribution in [2.75, 3.05) is 6.61 Å². The zero-order chi connectivity index (χ0) is 12.1. The third-order valence-corrected chi connectivity index (χ3v) is 3.76. The van der Waals surface area contributed by atoms with Crippen LogP contribution in [0.5, 0.6) is 5.75 Å². The molecular weight excluding hydrogens is 276 g/mol. The van der Waals surface area contributed by atoms with Gasteiger partial charge in [0.05, 0.1) is 0 Å². The Morgan fingerprint density at radius 1 is 1.18 bits per heavy atom. The number of para-hydroxylation sites is 1. The molecule has 1 aliphatic rings. The van der Waals surface area contributed by atoms with Crippen molar-refractivity contribution in [2.24, 2.45) is 0 Å². The first kappa shape index (κ1) is 12.4. The van der Waals surface area contributed by atoms with Crippen molar-refractivity contribution in [3.63, 3.8) is 0 Å². The number of rotatable bonds is 4. The fourth-order valence-electron chi connectivity index (χ4n) is 1.92. The molecule has 1 nitrogen and oxygen atoms in total. The third kappa shape index (κ3) is 3.22. The van der Waals surface area contributed by atoms with Gasteiger partial charge in [0, 0.05) is 4.48 Å². The molecule has 17 heavy (non-hydrogen) atoms. The van der Waals surface area contributed by atoms with Crippen molar-refractivity contribution in [1.82, 2.24) is 0 Å². The molecule has 1 aliphatic carbocycles. The van der Waals surface area contributed by atoms with E-state index in [0.717, 1.165) is 25.0 Å². The number of benzene rings is 1. The van der Waals surface area contributed by atoms with Crippen LogP contribution < -0.4 is 4.74 Å². The Bertz CT molecular complexity index is 446. The first-order chi connectivity index (χ1) is 8.31. The Hall–Kier alpha value is -1.02. The molecule has 90 valence electrons. The molecule has 0 saturated carbocycles. The minimum absolute atomic E-state index is 0.647. The van der Waals surface area contributed by atoms with Crippen LogP contribution in [0.25, 0.3) is 0 Å². The van der Waals surface area contributed by atoms with E-state index in [9.17, 15) is 0 Å². The second-order valence-corrected chi connectivity index (χ2v) is 4.96. The molecule has 0 atom stereocenters. The van der Waals surface area contributed by atoms with Gasteiger partial charge < -0.3 is 4.74 Å². The monoisotopic (exact) mass is 292 g/mol. The quantitative estimate of drug-likeness (QED) is 0.786. The van der Waals surface area contributed by atoms with E-state index in [1.54, 1.807) is 0 Å². The van der Waals surface area contributed by atoms with Crippen LogP contribution in [0.15, 0.2) is 46.5 Å². The summed E-state index contributed by atoms with van der Waals surface area (Å²) in [6.45, 7) is 2.80. The van der Waals surface area contributed by atoms with Gasteiger partial charge in [0.15, 0.2) is 0 Å². The van der Waals surface area contributed by atoms with Crippen LogP contribution in [0.2, 0.25) is 0 Å². The number of halogens is 1. The average Bonchev–Trinajstić information content (AvgIpc) is 2.38. The lowest BCUT2D eigenvalue weighted by atomic mass is 10.1. The second kappa shape index (κ2) is 6.06. The number of hydrogen-bond donors (Lipinski definition) is 0. The van der Waals surface area contributed by atoms with E-state index in [1.165, 1.54) is 15.6 Å². The smallest absolute Gasteiger partial charge is 0.122 e. The SMILES string of the molecule is CCc1ccccc1OCC1=CCCC=C1Br. The van der Waals surface area contributed by atoms with Gasteiger partial charge in [0.2, 0.25) is 0 Å². The van der Waals surface area contributed by atoms with Crippen LogP contribution in [0.4, 0.5) is 0 Å². The van der Waals surface area contributed by atoms with Gasteiger partial charge in [-0.15, -0.1) is 0 Å². The highest BCUT2D eigenvalue weighted by atomic mass is 79.9. The summed E-state index contributed by atoms with van der Waals surface area (Å²) < 4.78 is 7.08. The lowest BCUT2D eigenvalue weighted by molar-refractivity contribution is 0.350. The summed E-state index contributed by atoms with van der Waals surface area (Å²) >= 11 is 3.58. The summed E-state index contributed by atoms with van der Waals surface area (Å²) in [5.74, 6) is 1.00. The van der Waals surface area contributed by atoms with E-state index in [1.807, 2.05) is 12.1 Å². The van der Waals surface area contributed by atoms with Crippen LogP contribution in [0.1, 0.15) is 25.3 Å². The van der Waals surface area contributed by atoms with Crippen molar-refractivity contribution in [2.45, 2.75) is 26.2 Å². The lowest BCUT2D eigenvalue weighted by Gasteiger charge is -2.14. The van der Waals surface area contributed by atoms with E-state index in [2.05, 4.69) is 47.1 Å². The van der Waals surface area contributed by atoms with Crippen LogP contribution >= 0.6 is 15.9 Å². The fourth-order valence-corrected chi connectivity index (χ4v) is 2.42. The molecule has 0 N–H and O–H groups in total. The van der Waals surface area contributed by atoms with Gasteiger partial charge in [-0.2, -0.15) is 0 Å². The van der Waals surface area contributed by atoms with Gasteiger partial charge >= 0.3 is 0 Å². The molecular formula is C15H17BrO. The number of hydrogen-bond acceptors (Lipinski definition) is 1. The van der Waals surface area contributed by atoms with Gasteiger partial charge in [-0.25, -0.2) is 0 Å². The molecule has 0 radical (unpaired) electrons. The maximum Gasteiger partial charge on any atom is 0.122 e. The molecule has 0 bridgehead atoms. The Kier molecular flexibility index (Phi) is 4.43. The minimum atomic E-state index is 0.647. The molecule has 0 amide bonds. The number of allylic oxidation sites excluding steroid dienone is 2. The molecule has 2 rings (SSSR count). The van der Waals surface area contributed by atoms with Crippen LogP contribution in [-0.4, -0.2) is 6.61 Å². The Morgan fingerprint density at radius 3 is 2.71 bits per heavy atom. The highest BCUT2D eigenvalue weighted by Crippen LogP contribution is 2.26. The third-order valence-electron chi connectivity index (χ3n) is 2.92. The molecule has 0 heterocycles. The topological polar surface area (TPSA) is 9.23 Å². The van der Waals surface area contributed by atoms with Gasteiger partial charge in [-0.3, -0.25) is 0 Å². The van der Waals surface area contributed by atoms with E-state index in [4.69, 9.17) is 4.74 Å². The van der Waals surface area contributed by atoms with Gasteiger partial charge in [-0.1, -0.05) is 53.2 Å². The van der Waals surface area contributed by atoms with Gasteiger partial charge in [0.1, 0.15) is 12.4 Å². The largest absolute Gasteiger partial charge is 0.489 e. The maximum atomic E-state index is 5.90. The van der Waals surface area contributed by atoms with E-state index >= 15 is 0 Å². The van der Waals surface area contributed by atoms with Crippen molar-refractivity contribution in [3.8, 4) is 5.75 Å². The van der Waals surface area contributed by atoms with Crippen LogP contribution in [0, 0.1) is 0 Å². The first-order valence-electron chi connectivity index (χ1n) is 6.07. The predicted molar refractivity (Wildman–Crippen MR) is 75.6 cm³/mol. The fraction of sp³-hybridized carbons (Fsp3) is 0.333.